The van der Waals surface area contributed by atoms with E-state index in [9.17, 15) is 9.59 Å². The van der Waals surface area contributed by atoms with Gasteiger partial charge in [0.15, 0.2) is 0 Å². The fraction of sp³-hybridized carbons (Fsp3) is 0.333. The number of aromatic nitrogens is 2. The molecule has 3 rings (SSSR count). The molecule has 0 saturated heterocycles. The summed E-state index contributed by atoms with van der Waals surface area (Å²) in [5, 5.41) is 10.9. The number of nitrogens with zero attached hydrogens (tertiary/aromatic N) is 4. The first-order valence-corrected chi connectivity index (χ1v) is 8.02. The summed E-state index contributed by atoms with van der Waals surface area (Å²) >= 11 is 0. The molecule has 8 nitrogen and oxygen atoms in total. The minimum atomic E-state index is -0.250. The van der Waals surface area contributed by atoms with Crippen LogP contribution < -0.4 is 5.56 Å². The molecule has 2 heterocycles. The van der Waals surface area contributed by atoms with Crippen molar-refractivity contribution in [2.45, 2.75) is 19.6 Å². The molecule has 1 aliphatic rings. The Labute approximate surface area is 151 Å². The molecule has 26 heavy (non-hydrogen) atoms. The van der Waals surface area contributed by atoms with Crippen molar-refractivity contribution >= 4 is 12.4 Å². The molecule has 1 amide bonds. The van der Waals surface area contributed by atoms with E-state index in [1.807, 2.05) is 0 Å². The second-order valence-corrected chi connectivity index (χ2v) is 6.22. The Morgan fingerprint density at radius 1 is 1.23 bits per heavy atom. The van der Waals surface area contributed by atoms with Crippen LogP contribution in [-0.2, 0) is 31.5 Å². The highest BCUT2D eigenvalue weighted by atomic mass is 16.3. The molecule has 0 fully saturated rings. The molecule has 0 aliphatic carbocycles. The summed E-state index contributed by atoms with van der Waals surface area (Å²) in [4.78, 5) is 36.0. The molecule has 1 aromatic heterocycles. The van der Waals surface area contributed by atoms with Crippen LogP contribution in [0.15, 0.2) is 35.1 Å². The highest BCUT2D eigenvalue weighted by molar-refractivity contribution is 5.91. The second kappa shape index (κ2) is 8.39. The van der Waals surface area contributed by atoms with Gasteiger partial charge in [0, 0.05) is 39.8 Å². The lowest BCUT2D eigenvalue weighted by atomic mass is 10.1. The minimum Gasteiger partial charge on any atom is -0.483 e. The Morgan fingerprint density at radius 2 is 1.88 bits per heavy atom. The van der Waals surface area contributed by atoms with Gasteiger partial charge in [-0.25, -0.2) is 4.68 Å². The number of benzene rings is 1. The van der Waals surface area contributed by atoms with E-state index >= 15 is 0 Å². The van der Waals surface area contributed by atoms with Gasteiger partial charge in [0.2, 0.25) is 0 Å². The van der Waals surface area contributed by atoms with Crippen LogP contribution in [0.25, 0.3) is 0 Å². The fourth-order valence-corrected chi connectivity index (χ4v) is 2.87. The van der Waals surface area contributed by atoms with Gasteiger partial charge in [0.25, 0.3) is 17.9 Å². The number of rotatable bonds is 3. The Hall–Kier alpha value is -3.00. The number of hydrogen-bond acceptors (Lipinski definition) is 5. The number of fused-ring (bicyclic) bond motifs is 1. The van der Waals surface area contributed by atoms with E-state index in [2.05, 4.69) is 35.2 Å². The lowest BCUT2D eigenvalue weighted by molar-refractivity contribution is -0.122. The fourth-order valence-electron chi connectivity index (χ4n) is 2.87. The van der Waals surface area contributed by atoms with Crippen molar-refractivity contribution in [1.29, 1.82) is 0 Å². The van der Waals surface area contributed by atoms with Crippen LogP contribution in [0.1, 0.15) is 27.2 Å². The van der Waals surface area contributed by atoms with E-state index in [1.165, 1.54) is 35.0 Å². The predicted octanol–water partition coefficient (Wildman–Crippen LogP) is 0.699. The Kier molecular flexibility index (Phi) is 6.24. The first-order chi connectivity index (χ1) is 12.3. The Bertz CT molecular complexity index is 863. The van der Waals surface area contributed by atoms with Gasteiger partial charge in [-0.2, -0.15) is 5.10 Å². The maximum Gasteiger partial charge on any atom is 0.290 e. The van der Waals surface area contributed by atoms with Crippen molar-refractivity contribution in [3.63, 3.8) is 0 Å². The zero-order valence-corrected chi connectivity index (χ0v) is 15.0. The van der Waals surface area contributed by atoms with E-state index in [0.717, 1.165) is 18.7 Å². The number of carbonyl (C=O) groups is 2. The lowest BCUT2D eigenvalue weighted by Crippen LogP contribution is -2.30. The number of hydrogen-bond donors (Lipinski definition) is 1. The molecule has 0 bridgehead atoms. The topological polar surface area (TPSA) is 95.7 Å². The van der Waals surface area contributed by atoms with Crippen molar-refractivity contribution in [2.24, 2.45) is 7.05 Å². The van der Waals surface area contributed by atoms with Gasteiger partial charge >= 0.3 is 0 Å². The third-order valence-electron chi connectivity index (χ3n) is 4.10. The number of carbonyl (C=O) groups excluding carboxylic acids is 1. The highest BCUT2D eigenvalue weighted by Gasteiger charge is 2.18. The van der Waals surface area contributed by atoms with Crippen molar-refractivity contribution in [3.8, 4) is 0 Å². The van der Waals surface area contributed by atoms with Gasteiger partial charge < -0.3 is 10.0 Å². The molecule has 1 N–H and O–H groups in total. The summed E-state index contributed by atoms with van der Waals surface area (Å²) in [6, 6.07) is 9.20. The van der Waals surface area contributed by atoms with Gasteiger partial charge in [0.1, 0.15) is 5.69 Å². The van der Waals surface area contributed by atoms with Gasteiger partial charge in [-0.3, -0.25) is 19.3 Å². The van der Waals surface area contributed by atoms with Crippen LogP contribution in [0.2, 0.25) is 0 Å². The minimum absolute atomic E-state index is 0.196. The Morgan fingerprint density at radius 3 is 2.54 bits per heavy atom. The normalized spacial score (nSPS) is 12.7. The van der Waals surface area contributed by atoms with Gasteiger partial charge in [-0.1, -0.05) is 18.2 Å². The smallest absolute Gasteiger partial charge is 0.290 e. The van der Waals surface area contributed by atoms with Crippen molar-refractivity contribution < 1.29 is 14.7 Å². The summed E-state index contributed by atoms with van der Waals surface area (Å²) in [5.41, 5.74) is 3.82. The van der Waals surface area contributed by atoms with Crippen molar-refractivity contribution in [2.75, 3.05) is 14.1 Å². The van der Waals surface area contributed by atoms with Crippen LogP contribution in [0.3, 0.4) is 0 Å². The zero-order chi connectivity index (χ0) is 19.3. The molecule has 0 atom stereocenters. The van der Waals surface area contributed by atoms with Crippen LogP contribution in [0, 0.1) is 0 Å². The van der Waals surface area contributed by atoms with E-state index < -0.39 is 0 Å². The first kappa shape index (κ1) is 19.3. The van der Waals surface area contributed by atoms with Gasteiger partial charge in [-0.15, -0.1) is 0 Å². The van der Waals surface area contributed by atoms with Crippen LogP contribution >= 0.6 is 0 Å². The predicted molar refractivity (Wildman–Crippen MR) is 95.6 cm³/mol. The van der Waals surface area contributed by atoms with Gasteiger partial charge in [0.05, 0.1) is 0 Å². The van der Waals surface area contributed by atoms with Crippen LogP contribution in [0.5, 0.6) is 0 Å². The summed E-state index contributed by atoms with van der Waals surface area (Å²) in [7, 11) is 5.38. The van der Waals surface area contributed by atoms with Crippen LogP contribution in [0.4, 0.5) is 0 Å². The quantitative estimate of drug-likeness (QED) is 0.812. The molecular weight excluding hydrogens is 336 g/mol. The van der Waals surface area contributed by atoms with E-state index in [4.69, 9.17) is 9.90 Å². The molecule has 0 spiro atoms. The molecule has 0 radical (unpaired) electrons. The summed E-state index contributed by atoms with van der Waals surface area (Å²) in [6.45, 7) is 2.19. The zero-order valence-electron chi connectivity index (χ0n) is 15.0. The standard InChI is InChI=1S/C17H20N4O2.CH2O2/c1-19-10-13-5-4-12(8-14(13)11-19)9-20(2)17(23)15-6-7-16(22)21(3)18-15;2-1-3/h4-8H,9-11H2,1-3H3;1H,(H,2,3). The summed E-state index contributed by atoms with van der Waals surface area (Å²) < 4.78 is 1.17. The van der Waals surface area contributed by atoms with Crippen molar-refractivity contribution in [3.05, 3.63) is 63.1 Å². The molecule has 0 unspecified atom stereocenters. The molecular formula is C18H22N4O4. The third-order valence-corrected chi connectivity index (χ3v) is 4.10. The summed E-state index contributed by atoms with van der Waals surface area (Å²) in [5.74, 6) is -0.196. The van der Waals surface area contributed by atoms with Crippen molar-refractivity contribution in [1.82, 2.24) is 19.6 Å². The number of amides is 1. The molecule has 1 aliphatic heterocycles. The molecule has 2 aromatic rings. The largest absolute Gasteiger partial charge is 0.483 e. The molecule has 8 heteroatoms. The third kappa shape index (κ3) is 4.54. The maximum atomic E-state index is 12.4. The molecule has 138 valence electrons. The monoisotopic (exact) mass is 358 g/mol. The first-order valence-electron chi connectivity index (χ1n) is 8.02. The van der Waals surface area contributed by atoms with E-state index in [-0.39, 0.29) is 23.6 Å². The highest BCUT2D eigenvalue weighted by Crippen LogP contribution is 2.23. The number of aryl methyl sites for hydroxylation is 1. The van der Waals surface area contributed by atoms with Gasteiger partial charge in [-0.05, 0) is 29.8 Å². The second-order valence-electron chi connectivity index (χ2n) is 6.22. The SMILES string of the molecule is CN1Cc2ccc(CN(C)C(=O)c3ccc(=O)n(C)n3)cc2C1.O=CO. The number of carboxylic acid groups (broad SMARTS) is 1. The summed E-state index contributed by atoms with van der Waals surface area (Å²) in [6.07, 6.45) is 0. The average molecular weight is 358 g/mol. The maximum absolute atomic E-state index is 12.4. The van der Waals surface area contributed by atoms with Crippen LogP contribution in [-0.4, -0.2) is 51.2 Å². The van der Waals surface area contributed by atoms with E-state index in [0.29, 0.717) is 6.54 Å². The Balaban J connectivity index is 0.000000758. The lowest BCUT2D eigenvalue weighted by Gasteiger charge is -2.17. The molecule has 0 saturated carbocycles. The van der Waals surface area contributed by atoms with E-state index in [1.54, 1.807) is 11.9 Å². The average Bonchev–Trinajstić information content (AvgIpc) is 2.96. The molecule has 1 aromatic carbocycles.